The second-order valence-electron chi connectivity index (χ2n) is 2.30. The van der Waals surface area contributed by atoms with Crippen LogP contribution in [0.3, 0.4) is 0 Å². The van der Waals surface area contributed by atoms with Crippen molar-refractivity contribution in [3.05, 3.63) is 0 Å². The van der Waals surface area contributed by atoms with Gasteiger partial charge in [-0.3, -0.25) is 0 Å². The molecule has 54 valence electrons. The van der Waals surface area contributed by atoms with Gasteiger partial charge in [0.2, 0.25) is 0 Å². The normalized spacial score (nSPS) is 34.7. The van der Waals surface area contributed by atoms with E-state index < -0.39 is 12.1 Å². The Morgan fingerprint density at radius 3 is 2.11 bits per heavy atom. The average molecular weight is 203 g/mol. The van der Waals surface area contributed by atoms with Crippen molar-refractivity contribution < 1.29 is 13.2 Å². The summed E-state index contributed by atoms with van der Waals surface area (Å²) in [6.07, 6.45) is -3.63. The highest BCUT2D eigenvalue weighted by Crippen LogP contribution is 2.50. The number of hydrogen-bond acceptors (Lipinski definition) is 0. The Balaban J connectivity index is 2.33. The summed E-state index contributed by atoms with van der Waals surface area (Å²) >= 11 is 3.01. The number of alkyl halides is 4. The molecular formula is C5H6BrF3. The van der Waals surface area contributed by atoms with Crippen molar-refractivity contribution in [2.75, 3.05) is 5.33 Å². The highest BCUT2D eigenvalue weighted by molar-refractivity contribution is 9.09. The zero-order valence-corrected chi connectivity index (χ0v) is 6.17. The molecule has 9 heavy (non-hydrogen) atoms. The highest BCUT2D eigenvalue weighted by Gasteiger charge is 2.54. The van der Waals surface area contributed by atoms with Crippen LogP contribution in [0.5, 0.6) is 0 Å². The van der Waals surface area contributed by atoms with Gasteiger partial charge in [0.05, 0.1) is 5.92 Å². The second kappa shape index (κ2) is 2.15. The van der Waals surface area contributed by atoms with Crippen LogP contribution in [0.25, 0.3) is 0 Å². The topological polar surface area (TPSA) is 0 Å². The third-order valence-corrected chi connectivity index (χ3v) is 2.37. The van der Waals surface area contributed by atoms with Crippen LogP contribution in [0.1, 0.15) is 6.42 Å². The fraction of sp³-hybridized carbons (Fsp3) is 1.00. The van der Waals surface area contributed by atoms with E-state index in [-0.39, 0.29) is 5.92 Å². The molecule has 0 nitrogen and oxygen atoms in total. The molecule has 1 fully saturated rings. The molecule has 0 aromatic rings. The first kappa shape index (κ1) is 7.38. The average Bonchev–Trinajstić information content (AvgIpc) is 2.39. The van der Waals surface area contributed by atoms with Crippen LogP contribution in [-0.2, 0) is 0 Å². The molecule has 2 atom stereocenters. The van der Waals surface area contributed by atoms with E-state index in [2.05, 4.69) is 15.9 Å². The first-order valence-corrected chi connectivity index (χ1v) is 3.80. The quantitative estimate of drug-likeness (QED) is 0.574. The van der Waals surface area contributed by atoms with E-state index in [1.54, 1.807) is 0 Å². The van der Waals surface area contributed by atoms with Gasteiger partial charge in [-0.15, -0.1) is 0 Å². The molecule has 0 aliphatic heterocycles. The molecule has 0 amide bonds. The lowest BCUT2D eigenvalue weighted by atomic mass is 10.3. The maximum atomic E-state index is 11.7. The van der Waals surface area contributed by atoms with Crippen molar-refractivity contribution in [1.82, 2.24) is 0 Å². The summed E-state index contributed by atoms with van der Waals surface area (Å²) in [4.78, 5) is 0. The fourth-order valence-electron chi connectivity index (χ4n) is 0.819. The van der Waals surface area contributed by atoms with Gasteiger partial charge < -0.3 is 0 Å². The Morgan fingerprint density at radius 1 is 1.44 bits per heavy atom. The van der Waals surface area contributed by atoms with Gasteiger partial charge in [-0.25, -0.2) is 0 Å². The Bertz CT molecular complexity index is 109. The molecule has 0 aromatic carbocycles. The first-order valence-electron chi connectivity index (χ1n) is 2.68. The molecule has 0 N–H and O–H groups in total. The molecule has 4 heteroatoms. The minimum absolute atomic E-state index is 0.148. The van der Waals surface area contributed by atoms with Crippen LogP contribution in [-0.4, -0.2) is 11.5 Å². The van der Waals surface area contributed by atoms with Crippen molar-refractivity contribution in [1.29, 1.82) is 0 Å². The van der Waals surface area contributed by atoms with E-state index in [9.17, 15) is 13.2 Å². The maximum absolute atomic E-state index is 11.7. The van der Waals surface area contributed by atoms with Crippen LogP contribution in [0.15, 0.2) is 0 Å². The van der Waals surface area contributed by atoms with Crippen LogP contribution in [0.4, 0.5) is 13.2 Å². The van der Waals surface area contributed by atoms with Crippen molar-refractivity contribution in [3.63, 3.8) is 0 Å². The van der Waals surface area contributed by atoms with Crippen LogP contribution in [0.2, 0.25) is 0 Å². The van der Waals surface area contributed by atoms with Crippen LogP contribution >= 0.6 is 15.9 Å². The minimum atomic E-state index is -3.95. The predicted molar refractivity (Wildman–Crippen MR) is 31.4 cm³/mol. The van der Waals surface area contributed by atoms with Crippen molar-refractivity contribution in [2.45, 2.75) is 12.6 Å². The van der Waals surface area contributed by atoms with E-state index in [0.29, 0.717) is 11.8 Å². The highest BCUT2D eigenvalue weighted by atomic mass is 79.9. The molecule has 0 saturated heterocycles. The molecule has 1 aliphatic rings. The molecule has 0 radical (unpaired) electrons. The van der Waals surface area contributed by atoms with Crippen molar-refractivity contribution in [2.24, 2.45) is 11.8 Å². The zero-order valence-electron chi connectivity index (χ0n) is 4.58. The summed E-state index contributed by atoms with van der Waals surface area (Å²) in [5, 5.41) is 0.483. The van der Waals surface area contributed by atoms with E-state index in [0.717, 1.165) is 0 Å². The smallest absolute Gasteiger partial charge is 0.171 e. The molecule has 0 aromatic heterocycles. The minimum Gasteiger partial charge on any atom is -0.171 e. The van der Waals surface area contributed by atoms with Gasteiger partial charge in [0, 0.05) is 5.33 Å². The van der Waals surface area contributed by atoms with E-state index in [4.69, 9.17) is 0 Å². The molecule has 0 unspecified atom stereocenters. The Kier molecular flexibility index (Phi) is 1.76. The van der Waals surface area contributed by atoms with E-state index >= 15 is 0 Å². The largest absolute Gasteiger partial charge is 0.392 e. The Hall–Kier alpha value is 0.270. The molecule has 0 bridgehead atoms. The van der Waals surface area contributed by atoms with Crippen molar-refractivity contribution >= 4 is 15.9 Å². The number of halogens is 4. The predicted octanol–water partition coefficient (Wildman–Crippen LogP) is 2.58. The van der Waals surface area contributed by atoms with Gasteiger partial charge in [-0.2, -0.15) is 13.2 Å². The monoisotopic (exact) mass is 202 g/mol. The molecule has 1 rings (SSSR count). The summed E-state index contributed by atoms with van der Waals surface area (Å²) in [6, 6.07) is 0. The third-order valence-electron chi connectivity index (χ3n) is 1.54. The summed E-state index contributed by atoms with van der Waals surface area (Å²) in [5.74, 6) is -1.16. The lowest BCUT2D eigenvalue weighted by Crippen LogP contribution is -2.11. The summed E-state index contributed by atoms with van der Waals surface area (Å²) in [5.41, 5.74) is 0. The summed E-state index contributed by atoms with van der Waals surface area (Å²) in [7, 11) is 0. The number of hydrogen-bond donors (Lipinski definition) is 0. The Morgan fingerprint density at radius 2 is 2.00 bits per heavy atom. The van der Waals surface area contributed by atoms with Gasteiger partial charge in [0.15, 0.2) is 0 Å². The van der Waals surface area contributed by atoms with Gasteiger partial charge in [0.25, 0.3) is 0 Å². The van der Waals surface area contributed by atoms with Crippen LogP contribution in [0, 0.1) is 11.8 Å². The molecule has 0 heterocycles. The van der Waals surface area contributed by atoms with Gasteiger partial charge >= 0.3 is 6.18 Å². The first-order chi connectivity index (χ1) is 4.05. The molecule has 0 spiro atoms. The second-order valence-corrected chi connectivity index (χ2v) is 2.95. The zero-order chi connectivity index (χ0) is 7.07. The summed E-state index contributed by atoms with van der Waals surface area (Å²) in [6.45, 7) is 0. The molecule has 1 saturated carbocycles. The third kappa shape index (κ3) is 1.60. The molecule has 1 aliphatic carbocycles. The Labute approximate surface area is 59.6 Å². The number of rotatable bonds is 1. The molecular weight excluding hydrogens is 197 g/mol. The standard InChI is InChI=1S/C5H6BrF3/c6-2-3-1-4(3)5(7,8)9/h3-4H,1-2H2/t3-,4-/m0/s1. The van der Waals surface area contributed by atoms with Gasteiger partial charge in [-0.05, 0) is 12.3 Å². The summed E-state index contributed by atoms with van der Waals surface area (Å²) < 4.78 is 35.0. The van der Waals surface area contributed by atoms with Gasteiger partial charge in [0.1, 0.15) is 0 Å². The fourth-order valence-corrected chi connectivity index (χ4v) is 1.53. The lowest BCUT2D eigenvalue weighted by Gasteiger charge is -2.02. The van der Waals surface area contributed by atoms with Crippen LogP contribution < -0.4 is 0 Å². The van der Waals surface area contributed by atoms with E-state index in [1.807, 2.05) is 0 Å². The van der Waals surface area contributed by atoms with Crippen molar-refractivity contribution in [3.8, 4) is 0 Å². The SMILES string of the molecule is FC(F)(F)[C@H]1C[C@H]1CBr. The maximum Gasteiger partial charge on any atom is 0.392 e. The van der Waals surface area contributed by atoms with E-state index in [1.165, 1.54) is 0 Å². The van der Waals surface area contributed by atoms with Gasteiger partial charge in [-0.1, -0.05) is 15.9 Å². The lowest BCUT2D eigenvalue weighted by molar-refractivity contribution is -0.150.